The largest absolute Gasteiger partial charge is 0.0986 e. The SMILES string of the molecule is C=C1CC=CC=CC1c1ccc(-c2cccc(C3=CC(C4C=C(C5=CC=CCC5)CC(C5=CC(C6C=C(c7ccc(/C(=C\C)C/C=C\C=C/I)cc7)C=CC6)CCC5)C4C)CC=C3)c2)cc1. The molecule has 3 aromatic rings. The Bertz CT molecular complexity index is 2650. The Morgan fingerprint density at radius 1 is 0.727 bits per heavy atom. The Morgan fingerprint density at radius 2 is 1.50 bits per heavy atom. The molecule has 9 rings (SSSR count). The van der Waals surface area contributed by atoms with Crippen molar-refractivity contribution in [1.82, 2.24) is 0 Å². The average molecular weight is 975 g/mol. The van der Waals surface area contributed by atoms with E-state index in [1.807, 2.05) is 4.08 Å². The highest BCUT2D eigenvalue weighted by atomic mass is 127. The summed E-state index contributed by atoms with van der Waals surface area (Å²) in [5, 5.41) is 0. The van der Waals surface area contributed by atoms with E-state index in [1.165, 1.54) is 81.4 Å². The molecule has 0 N–H and O–H groups in total. The molecular formula is C65H67I. The molecule has 0 heterocycles. The molecule has 0 amide bonds. The van der Waals surface area contributed by atoms with Crippen LogP contribution in [-0.2, 0) is 0 Å². The van der Waals surface area contributed by atoms with Crippen LogP contribution in [0.3, 0.4) is 0 Å². The Balaban J connectivity index is 0.943. The van der Waals surface area contributed by atoms with Crippen molar-refractivity contribution in [1.29, 1.82) is 0 Å². The summed E-state index contributed by atoms with van der Waals surface area (Å²) >= 11 is 2.27. The quantitative estimate of drug-likeness (QED) is 0.0964. The zero-order valence-corrected chi connectivity index (χ0v) is 41.3. The molecule has 0 aromatic heterocycles. The van der Waals surface area contributed by atoms with E-state index in [0.717, 1.165) is 38.5 Å². The number of benzene rings is 3. The van der Waals surface area contributed by atoms with E-state index in [0.29, 0.717) is 35.5 Å². The zero-order chi connectivity index (χ0) is 45.2. The number of rotatable bonds is 12. The lowest BCUT2D eigenvalue weighted by Gasteiger charge is -2.42. The van der Waals surface area contributed by atoms with Crippen molar-refractivity contribution in [3.05, 3.63) is 243 Å². The highest BCUT2D eigenvalue weighted by molar-refractivity contribution is 14.1. The van der Waals surface area contributed by atoms with Crippen LogP contribution in [0.4, 0.5) is 0 Å². The molecule has 6 aliphatic carbocycles. The summed E-state index contributed by atoms with van der Waals surface area (Å²) in [7, 11) is 0. The fourth-order valence-electron chi connectivity index (χ4n) is 11.7. The molecule has 3 aromatic carbocycles. The first-order valence-electron chi connectivity index (χ1n) is 24.9. The second kappa shape index (κ2) is 22.0. The fourth-order valence-corrected chi connectivity index (χ4v) is 11.9. The molecule has 6 aliphatic rings. The Morgan fingerprint density at radius 3 is 2.29 bits per heavy atom. The van der Waals surface area contributed by atoms with Crippen LogP contribution < -0.4 is 0 Å². The van der Waals surface area contributed by atoms with Gasteiger partial charge < -0.3 is 0 Å². The van der Waals surface area contributed by atoms with Crippen molar-refractivity contribution in [2.75, 3.05) is 0 Å². The summed E-state index contributed by atoms with van der Waals surface area (Å²) in [5.41, 5.74) is 18.1. The lowest BCUT2D eigenvalue weighted by molar-refractivity contribution is 0.239. The van der Waals surface area contributed by atoms with E-state index in [-0.39, 0.29) is 5.92 Å². The van der Waals surface area contributed by atoms with Crippen LogP contribution in [0.15, 0.2) is 221 Å². The van der Waals surface area contributed by atoms with Gasteiger partial charge in [-0.05, 0) is 178 Å². The third kappa shape index (κ3) is 10.8. The lowest BCUT2D eigenvalue weighted by Crippen LogP contribution is -2.32. The van der Waals surface area contributed by atoms with Gasteiger partial charge in [-0.3, -0.25) is 0 Å². The van der Waals surface area contributed by atoms with Gasteiger partial charge in [0, 0.05) is 5.92 Å². The molecule has 0 fully saturated rings. The smallest absolute Gasteiger partial charge is 0.0231 e. The second-order valence-electron chi connectivity index (χ2n) is 19.4. The van der Waals surface area contributed by atoms with Crippen molar-refractivity contribution < 1.29 is 0 Å². The zero-order valence-electron chi connectivity index (χ0n) is 39.2. The van der Waals surface area contributed by atoms with Gasteiger partial charge in [-0.1, -0.05) is 229 Å². The van der Waals surface area contributed by atoms with Crippen molar-refractivity contribution in [3.8, 4) is 11.1 Å². The third-order valence-corrected chi connectivity index (χ3v) is 15.8. The van der Waals surface area contributed by atoms with Gasteiger partial charge in [0.15, 0.2) is 0 Å². The predicted octanol–water partition coefficient (Wildman–Crippen LogP) is 18.6. The monoisotopic (exact) mass is 974 g/mol. The Labute approximate surface area is 410 Å². The molecule has 0 saturated carbocycles. The summed E-state index contributed by atoms with van der Waals surface area (Å²) in [4.78, 5) is 0. The molecule has 0 bridgehead atoms. The molecule has 66 heavy (non-hydrogen) atoms. The number of hydrogen-bond donors (Lipinski definition) is 0. The maximum Gasteiger partial charge on any atom is 0.0231 e. The fraction of sp³-hybridized carbons (Fsp3) is 0.292. The molecule has 0 spiro atoms. The van der Waals surface area contributed by atoms with Crippen LogP contribution >= 0.6 is 22.6 Å². The molecule has 1 heteroatoms. The molecule has 7 atom stereocenters. The summed E-state index contributed by atoms with van der Waals surface area (Å²) in [5.74, 6) is 3.49. The first kappa shape index (κ1) is 45.9. The van der Waals surface area contributed by atoms with Crippen molar-refractivity contribution in [2.45, 2.75) is 84.0 Å². The normalized spacial score (nSPS) is 26.8. The molecule has 0 nitrogen and oxygen atoms in total. The van der Waals surface area contributed by atoms with Gasteiger partial charge in [0.1, 0.15) is 0 Å². The van der Waals surface area contributed by atoms with Crippen LogP contribution in [0, 0.1) is 35.5 Å². The highest BCUT2D eigenvalue weighted by Crippen LogP contribution is 2.49. The molecule has 0 aliphatic heterocycles. The molecule has 7 unspecified atom stereocenters. The molecular weight excluding hydrogens is 908 g/mol. The van der Waals surface area contributed by atoms with E-state index in [9.17, 15) is 0 Å². The van der Waals surface area contributed by atoms with Gasteiger partial charge in [0.05, 0.1) is 0 Å². The minimum Gasteiger partial charge on any atom is -0.0986 e. The predicted molar refractivity (Wildman–Crippen MR) is 295 cm³/mol. The van der Waals surface area contributed by atoms with Crippen LogP contribution in [0.2, 0.25) is 0 Å². The number of hydrogen-bond acceptors (Lipinski definition) is 0. The summed E-state index contributed by atoms with van der Waals surface area (Å²) in [6.07, 6.45) is 56.4. The van der Waals surface area contributed by atoms with E-state index < -0.39 is 0 Å². The van der Waals surface area contributed by atoms with Crippen LogP contribution in [0.25, 0.3) is 27.8 Å². The third-order valence-electron chi connectivity index (χ3n) is 15.4. The summed E-state index contributed by atoms with van der Waals surface area (Å²) < 4.78 is 2.05. The van der Waals surface area contributed by atoms with Gasteiger partial charge >= 0.3 is 0 Å². The Hall–Kier alpha value is -5.25. The van der Waals surface area contributed by atoms with E-state index in [2.05, 4.69) is 231 Å². The summed E-state index contributed by atoms with van der Waals surface area (Å²) in [6, 6.07) is 27.7. The topological polar surface area (TPSA) is 0 Å². The molecule has 334 valence electrons. The minimum atomic E-state index is 0.265. The Kier molecular flexibility index (Phi) is 15.3. The van der Waals surface area contributed by atoms with Crippen molar-refractivity contribution in [2.24, 2.45) is 35.5 Å². The molecule has 0 radical (unpaired) electrons. The van der Waals surface area contributed by atoms with Gasteiger partial charge in [0.2, 0.25) is 0 Å². The lowest BCUT2D eigenvalue weighted by atomic mass is 9.62. The first-order chi connectivity index (χ1) is 32.4. The van der Waals surface area contributed by atoms with Gasteiger partial charge in [-0.2, -0.15) is 0 Å². The standard InChI is InChI=1S/C65H67I/c1-4-48(19-11-7-13-39-66)50-31-33-51(34-32-50)54-22-14-24-56(40-54)58-26-16-28-60(42-58)64-44-62(49-20-9-6-10-21-49)45-65(47(64)3)61-29-17-27-59(43-61)57-25-15-23-55(41-57)52-35-37-53(38-36-52)63-30-12-5-8-18-46(63)2/h4-9,11-15,17,20,22-23,25,27,30-43,45,47,56,58,61,63-65H,2,10,16,18-19,21,24,26,28-29,44H2,1,3H3/b11-7-,39-13-,48-4-. The van der Waals surface area contributed by atoms with Gasteiger partial charge in [-0.15, -0.1) is 0 Å². The van der Waals surface area contributed by atoms with E-state index in [4.69, 9.17) is 0 Å². The average Bonchev–Trinajstić information content (AvgIpc) is 3.61. The van der Waals surface area contributed by atoms with E-state index >= 15 is 0 Å². The molecule has 0 saturated heterocycles. The van der Waals surface area contributed by atoms with Crippen molar-refractivity contribution in [3.63, 3.8) is 0 Å². The van der Waals surface area contributed by atoms with Gasteiger partial charge in [-0.25, -0.2) is 0 Å². The highest BCUT2D eigenvalue weighted by Gasteiger charge is 2.38. The van der Waals surface area contributed by atoms with Crippen LogP contribution in [-0.4, -0.2) is 0 Å². The van der Waals surface area contributed by atoms with Crippen molar-refractivity contribution >= 4 is 39.3 Å². The number of allylic oxidation sites excluding steroid dienone is 26. The number of halogens is 1. The maximum absolute atomic E-state index is 4.39. The van der Waals surface area contributed by atoms with E-state index in [1.54, 1.807) is 16.7 Å². The minimum absolute atomic E-state index is 0.265. The summed E-state index contributed by atoms with van der Waals surface area (Å²) in [6.45, 7) is 9.13. The van der Waals surface area contributed by atoms with Crippen LogP contribution in [0.5, 0.6) is 0 Å². The second-order valence-corrected chi connectivity index (χ2v) is 20.2. The maximum atomic E-state index is 4.39. The van der Waals surface area contributed by atoms with Gasteiger partial charge in [0.25, 0.3) is 0 Å². The first-order valence-corrected chi connectivity index (χ1v) is 26.1. The van der Waals surface area contributed by atoms with Crippen LogP contribution in [0.1, 0.15) is 106 Å².